The van der Waals surface area contributed by atoms with Gasteiger partial charge in [-0.25, -0.2) is 9.36 Å². The number of rotatable bonds is 1. The largest absolute Gasteiger partial charge is 0.472 e. The number of hydrogen-bond acceptors (Lipinski definition) is 3. The van der Waals surface area contributed by atoms with E-state index in [1.807, 2.05) is 0 Å². The zero-order valence-electron chi connectivity index (χ0n) is 5.26. The maximum absolute atomic E-state index is 9.43. The lowest BCUT2D eigenvalue weighted by Gasteiger charge is -1.90. The van der Waals surface area contributed by atoms with Crippen LogP contribution in [0.15, 0.2) is 0 Å². The Hall–Kier alpha value is -0.420. The Bertz CT molecular complexity index is 136. The van der Waals surface area contributed by atoms with Crippen LogP contribution >= 0.6 is 7.60 Å². The van der Waals surface area contributed by atoms with E-state index in [1.54, 1.807) is 6.92 Å². The van der Waals surface area contributed by atoms with Crippen LogP contribution in [0.25, 0.3) is 0 Å². The second kappa shape index (κ2) is 5.37. The summed E-state index contributed by atoms with van der Waals surface area (Å²) in [5, 5.41) is 15.1. The quantitative estimate of drug-likeness (QED) is 0.408. The van der Waals surface area contributed by atoms with E-state index in [2.05, 4.69) is 0 Å². The predicted octanol–water partition coefficient (Wildman–Crippen LogP) is -0.159. The Kier molecular flexibility index (Phi) is 6.59. The molecule has 0 aromatic carbocycles. The number of aliphatic hydroxyl groups is 1. The van der Waals surface area contributed by atoms with E-state index in [0.29, 0.717) is 0 Å². The van der Waals surface area contributed by atoms with E-state index in [4.69, 9.17) is 20.0 Å². The summed E-state index contributed by atoms with van der Waals surface area (Å²) in [6.07, 6.45) is 0. The standard InChI is InChI=1S/C2H6O.CH3O5P/c1-2-3;2-1(3)7(4,5)6/h3H,2H2,1H3;(H,2,3)(H2,4,5,6). The van der Waals surface area contributed by atoms with Crippen LogP contribution in [0.4, 0.5) is 4.79 Å². The summed E-state index contributed by atoms with van der Waals surface area (Å²) in [4.78, 5) is 24.5. The molecule has 0 atom stereocenters. The Labute approximate surface area is 57.3 Å². The molecule has 10 heavy (non-hydrogen) atoms. The van der Waals surface area contributed by atoms with Gasteiger partial charge in [0.15, 0.2) is 0 Å². The van der Waals surface area contributed by atoms with Gasteiger partial charge in [-0.15, -0.1) is 0 Å². The van der Waals surface area contributed by atoms with Gasteiger partial charge in [-0.2, -0.15) is 0 Å². The van der Waals surface area contributed by atoms with Gasteiger partial charge in [0, 0.05) is 6.61 Å². The average molecular weight is 172 g/mol. The zero-order chi connectivity index (χ0) is 8.78. The monoisotopic (exact) mass is 172 g/mol. The Morgan fingerprint density at radius 1 is 1.50 bits per heavy atom. The van der Waals surface area contributed by atoms with E-state index < -0.39 is 13.3 Å². The third kappa shape index (κ3) is 10.5. The fourth-order valence-corrected chi connectivity index (χ4v) is 0. The molecule has 0 unspecified atom stereocenters. The first-order valence-corrected chi connectivity index (χ1v) is 3.87. The van der Waals surface area contributed by atoms with Crippen molar-refractivity contribution in [3.05, 3.63) is 0 Å². The molecule has 0 aliphatic heterocycles. The summed E-state index contributed by atoms with van der Waals surface area (Å²) in [5.74, 6) is 0. The number of carboxylic acid groups (broad SMARTS) is 1. The lowest BCUT2D eigenvalue weighted by molar-refractivity contribution is 0.208. The molecule has 0 amide bonds. The van der Waals surface area contributed by atoms with E-state index in [0.717, 1.165) is 0 Å². The summed E-state index contributed by atoms with van der Waals surface area (Å²) in [6.45, 7) is 1.93. The molecule has 0 radical (unpaired) electrons. The molecule has 7 heteroatoms. The van der Waals surface area contributed by atoms with Crippen molar-refractivity contribution in [3.63, 3.8) is 0 Å². The first-order chi connectivity index (χ1) is 4.36. The average Bonchev–Trinajstić information content (AvgIpc) is 1.64. The molecule has 0 heterocycles. The molecule has 0 bridgehead atoms. The van der Waals surface area contributed by atoms with Crippen molar-refractivity contribution in [3.8, 4) is 0 Å². The smallest absolute Gasteiger partial charge is 0.433 e. The lowest BCUT2D eigenvalue weighted by Crippen LogP contribution is -1.90. The Morgan fingerprint density at radius 3 is 1.60 bits per heavy atom. The van der Waals surface area contributed by atoms with Crippen molar-refractivity contribution in [1.29, 1.82) is 0 Å². The molecule has 6 nitrogen and oxygen atoms in total. The van der Waals surface area contributed by atoms with Gasteiger partial charge in [-0.3, -0.25) is 0 Å². The highest BCUT2D eigenvalue weighted by Gasteiger charge is 2.23. The van der Waals surface area contributed by atoms with Crippen molar-refractivity contribution in [1.82, 2.24) is 0 Å². The molecule has 0 fully saturated rings. The van der Waals surface area contributed by atoms with Gasteiger partial charge in [0.25, 0.3) is 0 Å². The van der Waals surface area contributed by atoms with Crippen LogP contribution in [0.3, 0.4) is 0 Å². The molecule has 0 aliphatic carbocycles. The number of hydrogen-bond donors (Lipinski definition) is 4. The number of aliphatic hydroxyl groups excluding tert-OH is 1. The van der Waals surface area contributed by atoms with Gasteiger partial charge in [0.05, 0.1) is 0 Å². The van der Waals surface area contributed by atoms with Crippen LogP contribution in [0, 0.1) is 0 Å². The highest BCUT2D eigenvalue weighted by atomic mass is 31.2. The third-order valence-corrected chi connectivity index (χ3v) is 0.748. The van der Waals surface area contributed by atoms with Gasteiger partial charge in [-0.1, -0.05) is 0 Å². The second-order valence-corrected chi connectivity index (χ2v) is 2.61. The topological polar surface area (TPSA) is 115 Å². The SMILES string of the molecule is CCO.O=C(O)P(=O)(O)O. The van der Waals surface area contributed by atoms with E-state index in [9.17, 15) is 9.36 Å². The highest BCUT2D eigenvalue weighted by Crippen LogP contribution is 2.34. The molecule has 0 saturated carbocycles. The summed E-state index contributed by atoms with van der Waals surface area (Å²) in [7, 11) is -4.82. The van der Waals surface area contributed by atoms with Gasteiger partial charge >= 0.3 is 13.3 Å². The Balaban J connectivity index is 0. The van der Waals surface area contributed by atoms with Gasteiger partial charge < -0.3 is 20.0 Å². The van der Waals surface area contributed by atoms with Crippen molar-refractivity contribution < 1.29 is 29.4 Å². The van der Waals surface area contributed by atoms with Crippen LogP contribution in [0.2, 0.25) is 0 Å². The highest BCUT2D eigenvalue weighted by molar-refractivity contribution is 7.69. The van der Waals surface area contributed by atoms with E-state index in [-0.39, 0.29) is 6.61 Å². The van der Waals surface area contributed by atoms with Crippen LogP contribution in [0.5, 0.6) is 0 Å². The maximum Gasteiger partial charge on any atom is 0.433 e. The first-order valence-electron chi connectivity index (χ1n) is 2.26. The Morgan fingerprint density at radius 2 is 1.60 bits per heavy atom. The van der Waals surface area contributed by atoms with Crippen LogP contribution in [-0.2, 0) is 4.57 Å². The zero-order valence-corrected chi connectivity index (χ0v) is 6.15. The van der Waals surface area contributed by atoms with Gasteiger partial charge in [0.2, 0.25) is 0 Å². The second-order valence-electron chi connectivity index (χ2n) is 1.14. The summed E-state index contributed by atoms with van der Waals surface area (Å²) >= 11 is 0. The lowest BCUT2D eigenvalue weighted by atomic mass is 10.9. The molecule has 0 rings (SSSR count). The van der Waals surface area contributed by atoms with E-state index >= 15 is 0 Å². The fourth-order valence-electron chi connectivity index (χ4n) is 0. The molecule has 0 aromatic rings. The fraction of sp³-hybridized carbons (Fsp3) is 0.667. The third-order valence-electron chi connectivity index (χ3n) is 0.249. The molecular formula is C3H9O6P. The van der Waals surface area contributed by atoms with Crippen molar-refractivity contribution >= 4 is 13.3 Å². The normalized spacial score (nSPS) is 9.60. The molecule has 0 aromatic heterocycles. The van der Waals surface area contributed by atoms with Gasteiger partial charge in [0.1, 0.15) is 0 Å². The molecule has 0 saturated heterocycles. The predicted molar refractivity (Wildman–Crippen MR) is 32.8 cm³/mol. The minimum absolute atomic E-state index is 0.250. The van der Waals surface area contributed by atoms with Crippen molar-refractivity contribution in [2.75, 3.05) is 6.61 Å². The van der Waals surface area contributed by atoms with Crippen LogP contribution in [-0.4, -0.2) is 32.3 Å². The van der Waals surface area contributed by atoms with Crippen molar-refractivity contribution in [2.45, 2.75) is 6.92 Å². The molecule has 62 valence electrons. The maximum atomic E-state index is 9.43. The summed E-state index contributed by atoms with van der Waals surface area (Å²) in [5.41, 5.74) is -2.09. The molecule has 4 N–H and O–H groups in total. The first kappa shape index (κ1) is 12.3. The minimum atomic E-state index is -4.82. The van der Waals surface area contributed by atoms with Crippen LogP contribution < -0.4 is 0 Å². The molecule has 0 aliphatic rings. The molecule has 0 spiro atoms. The van der Waals surface area contributed by atoms with Crippen molar-refractivity contribution in [2.24, 2.45) is 0 Å². The van der Waals surface area contributed by atoms with E-state index in [1.165, 1.54) is 0 Å². The van der Waals surface area contributed by atoms with Crippen LogP contribution in [0.1, 0.15) is 6.92 Å². The number of carbonyl (C=O) groups is 1. The minimum Gasteiger partial charge on any atom is -0.472 e. The molecular weight excluding hydrogens is 163 g/mol. The van der Waals surface area contributed by atoms with Gasteiger partial charge in [-0.05, 0) is 6.92 Å². The summed E-state index contributed by atoms with van der Waals surface area (Å²) in [6, 6.07) is 0. The summed E-state index contributed by atoms with van der Waals surface area (Å²) < 4.78 is 9.43.